The van der Waals surface area contributed by atoms with Crippen LogP contribution in [0.4, 0.5) is 0 Å². The standard InChI is InChI=1S/C19H30N2O2/c1-10(2)13-7-14(11(3)4)18(15(8-13)12(5)6)16-9-17(19(22)23)21-20-16/h7-8,10-12,16-17,20-21H,9H2,1-6H3,(H,22,23). The maximum atomic E-state index is 11.3. The fourth-order valence-corrected chi connectivity index (χ4v) is 3.32. The Kier molecular flexibility index (Phi) is 5.48. The number of carbonyl (C=O) groups is 1. The molecule has 0 aliphatic carbocycles. The van der Waals surface area contributed by atoms with E-state index >= 15 is 0 Å². The van der Waals surface area contributed by atoms with Crippen LogP contribution in [0, 0.1) is 0 Å². The van der Waals surface area contributed by atoms with Gasteiger partial charge in [0, 0.05) is 6.04 Å². The second kappa shape index (κ2) is 7.02. The first kappa shape index (κ1) is 18.0. The predicted octanol–water partition coefficient (Wildman–Crippen LogP) is 4.05. The van der Waals surface area contributed by atoms with Gasteiger partial charge in [-0.15, -0.1) is 0 Å². The number of carboxylic acids is 1. The number of carboxylic acid groups (broad SMARTS) is 1. The van der Waals surface area contributed by atoms with Crippen LogP contribution < -0.4 is 10.9 Å². The molecule has 1 aliphatic heterocycles. The van der Waals surface area contributed by atoms with Crippen LogP contribution in [-0.4, -0.2) is 17.1 Å². The zero-order valence-electron chi connectivity index (χ0n) is 15.1. The minimum atomic E-state index is -0.795. The fraction of sp³-hybridized carbons (Fsp3) is 0.632. The van der Waals surface area contributed by atoms with Gasteiger partial charge in [0.05, 0.1) is 0 Å². The van der Waals surface area contributed by atoms with Crippen LogP contribution in [0.25, 0.3) is 0 Å². The average molecular weight is 318 g/mol. The van der Waals surface area contributed by atoms with E-state index in [9.17, 15) is 9.90 Å². The van der Waals surface area contributed by atoms with E-state index in [2.05, 4.69) is 64.5 Å². The zero-order valence-corrected chi connectivity index (χ0v) is 15.1. The Morgan fingerprint density at radius 3 is 1.87 bits per heavy atom. The van der Waals surface area contributed by atoms with Crippen molar-refractivity contribution in [2.24, 2.45) is 0 Å². The van der Waals surface area contributed by atoms with E-state index in [1.165, 1.54) is 22.3 Å². The third kappa shape index (κ3) is 3.75. The molecule has 0 saturated carbocycles. The predicted molar refractivity (Wildman–Crippen MR) is 93.8 cm³/mol. The molecule has 2 unspecified atom stereocenters. The van der Waals surface area contributed by atoms with Crippen molar-refractivity contribution in [3.63, 3.8) is 0 Å². The number of aliphatic carboxylic acids is 1. The smallest absolute Gasteiger partial charge is 0.322 e. The molecule has 2 rings (SSSR count). The van der Waals surface area contributed by atoms with Crippen molar-refractivity contribution >= 4 is 5.97 Å². The van der Waals surface area contributed by atoms with E-state index in [1.807, 2.05) is 0 Å². The Morgan fingerprint density at radius 2 is 1.52 bits per heavy atom. The van der Waals surface area contributed by atoms with Gasteiger partial charge >= 0.3 is 5.97 Å². The average Bonchev–Trinajstić information content (AvgIpc) is 2.95. The van der Waals surface area contributed by atoms with E-state index in [0.717, 1.165) is 0 Å². The SMILES string of the molecule is CC(C)c1cc(C(C)C)c(C2CC(C(=O)O)NN2)c(C(C)C)c1. The van der Waals surface area contributed by atoms with Crippen molar-refractivity contribution in [1.29, 1.82) is 0 Å². The molecule has 0 amide bonds. The highest BCUT2D eigenvalue weighted by atomic mass is 16.4. The third-order valence-corrected chi connectivity index (χ3v) is 4.73. The Balaban J connectivity index is 2.54. The van der Waals surface area contributed by atoms with E-state index < -0.39 is 12.0 Å². The van der Waals surface area contributed by atoms with Gasteiger partial charge in [0.1, 0.15) is 6.04 Å². The summed E-state index contributed by atoms with van der Waals surface area (Å²) in [6, 6.07) is 4.15. The Labute approximate surface area is 139 Å². The maximum absolute atomic E-state index is 11.3. The van der Waals surface area contributed by atoms with Gasteiger partial charge in [0.25, 0.3) is 0 Å². The lowest BCUT2D eigenvalue weighted by Gasteiger charge is -2.26. The summed E-state index contributed by atoms with van der Waals surface area (Å²) in [6.07, 6.45) is 0.579. The molecule has 2 atom stereocenters. The number of hydrazine groups is 1. The van der Waals surface area contributed by atoms with Gasteiger partial charge in [0.15, 0.2) is 0 Å². The number of benzene rings is 1. The first-order chi connectivity index (χ1) is 10.7. The minimum Gasteiger partial charge on any atom is -0.480 e. The Bertz CT molecular complexity index is 550. The molecule has 3 N–H and O–H groups in total. The first-order valence-corrected chi connectivity index (χ1v) is 8.63. The second-order valence-electron chi connectivity index (χ2n) is 7.54. The van der Waals surface area contributed by atoms with Crippen molar-refractivity contribution in [1.82, 2.24) is 10.9 Å². The number of hydrogen-bond acceptors (Lipinski definition) is 3. The highest BCUT2D eigenvalue weighted by Gasteiger charge is 2.33. The summed E-state index contributed by atoms with van der Waals surface area (Å²) in [5.74, 6) is 0.509. The monoisotopic (exact) mass is 318 g/mol. The molecular weight excluding hydrogens is 288 g/mol. The molecule has 1 heterocycles. The molecule has 4 nitrogen and oxygen atoms in total. The molecule has 1 fully saturated rings. The van der Waals surface area contributed by atoms with Gasteiger partial charge in [-0.3, -0.25) is 4.79 Å². The van der Waals surface area contributed by atoms with Crippen molar-refractivity contribution in [3.05, 3.63) is 34.4 Å². The summed E-state index contributed by atoms with van der Waals surface area (Å²) < 4.78 is 0. The molecule has 0 spiro atoms. The normalized spacial score (nSPS) is 21.6. The molecule has 1 aromatic carbocycles. The van der Waals surface area contributed by atoms with Crippen LogP contribution >= 0.6 is 0 Å². The number of rotatable bonds is 5. The molecule has 4 heteroatoms. The van der Waals surface area contributed by atoms with Crippen molar-refractivity contribution in [2.45, 2.75) is 77.8 Å². The molecule has 128 valence electrons. The van der Waals surface area contributed by atoms with Gasteiger partial charge in [0.2, 0.25) is 0 Å². The van der Waals surface area contributed by atoms with E-state index in [4.69, 9.17) is 0 Å². The molecule has 23 heavy (non-hydrogen) atoms. The van der Waals surface area contributed by atoms with Crippen LogP contribution in [0.3, 0.4) is 0 Å². The second-order valence-corrected chi connectivity index (χ2v) is 7.54. The molecular formula is C19H30N2O2. The van der Waals surface area contributed by atoms with Gasteiger partial charge in [-0.2, -0.15) is 0 Å². The number of hydrogen-bond donors (Lipinski definition) is 3. The summed E-state index contributed by atoms with van der Waals surface area (Å²) in [5.41, 5.74) is 11.5. The van der Waals surface area contributed by atoms with Crippen LogP contribution in [0.1, 0.15) is 94.0 Å². The molecule has 0 aromatic heterocycles. The summed E-state index contributed by atoms with van der Waals surface area (Å²) in [5, 5.41) is 9.25. The third-order valence-electron chi connectivity index (χ3n) is 4.73. The molecule has 1 aromatic rings. The van der Waals surface area contributed by atoms with Crippen LogP contribution in [0.5, 0.6) is 0 Å². The van der Waals surface area contributed by atoms with Gasteiger partial charge < -0.3 is 5.11 Å². The Morgan fingerprint density at radius 1 is 1.00 bits per heavy atom. The van der Waals surface area contributed by atoms with E-state index in [0.29, 0.717) is 24.2 Å². The molecule has 1 aliphatic rings. The van der Waals surface area contributed by atoms with Crippen molar-refractivity contribution in [3.8, 4) is 0 Å². The van der Waals surface area contributed by atoms with Crippen LogP contribution in [0.2, 0.25) is 0 Å². The lowest BCUT2D eigenvalue weighted by atomic mass is 9.81. The van der Waals surface area contributed by atoms with Gasteiger partial charge in [-0.1, -0.05) is 53.7 Å². The van der Waals surface area contributed by atoms with Gasteiger partial charge in [-0.25, -0.2) is 10.9 Å². The largest absolute Gasteiger partial charge is 0.480 e. The molecule has 1 saturated heterocycles. The summed E-state index contributed by atoms with van der Waals surface area (Å²) in [6.45, 7) is 13.3. The molecule has 0 radical (unpaired) electrons. The fourth-order valence-electron chi connectivity index (χ4n) is 3.32. The van der Waals surface area contributed by atoms with Crippen LogP contribution in [0.15, 0.2) is 12.1 Å². The lowest BCUT2D eigenvalue weighted by molar-refractivity contribution is -0.139. The quantitative estimate of drug-likeness (QED) is 0.766. The van der Waals surface area contributed by atoms with Gasteiger partial charge in [-0.05, 0) is 46.4 Å². The van der Waals surface area contributed by atoms with Crippen molar-refractivity contribution in [2.75, 3.05) is 0 Å². The topological polar surface area (TPSA) is 61.4 Å². The first-order valence-electron chi connectivity index (χ1n) is 8.63. The lowest BCUT2D eigenvalue weighted by Crippen LogP contribution is -2.36. The summed E-state index contributed by atoms with van der Waals surface area (Å²) >= 11 is 0. The van der Waals surface area contributed by atoms with E-state index in [-0.39, 0.29) is 6.04 Å². The highest BCUT2D eigenvalue weighted by Crippen LogP contribution is 2.38. The highest BCUT2D eigenvalue weighted by molar-refractivity contribution is 5.74. The van der Waals surface area contributed by atoms with E-state index in [1.54, 1.807) is 0 Å². The summed E-state index contributed by atoms with van der Waals surface area (Å²) in [4.78, 5) is 11.3. The Hall–Kier alpha value is -1.39. The zero-order chi connectivity index (χ0) is 17.3. The maximum Gasteiger partial charge on any atom is 0.322 e. The number of nitrogens with one attached hydrogen (secondary N) is 2. The van der Waals surface area contributed by atoms with Crippen LogP contribution in [-0.2, 0) is 4.79 Å². The summed E-state index contributed by atoms with van der Waals surface area (Å²) in [7, 11) is 0. The van der Waals surface area contributed by atoms with Crippen molar-refractivity contribution < 1.29 is 9.90 Å². The minimum absolute atomic E-state index is 0.0483. The molecule has 0 bridgehead atoms.